The Labute approximate surface area is 167 Å². The smallest absolute Gasteiger partial charge is 0.243 e. The van der Waals surface area contributed by atoms with E-state index in [1.54, 1.807) is 6.07 Å². The number of ether oxygens (including phenoxy) is 2. The van der Waals surface area contributed by atoms with Crippen LogP contribution < -0.4 is 20.1 Å². The maximum atomic E-state index is 11.9. The van der Waals surface area contributed by atoms with Crippen LogP contribution in [0.15, 0.2) is 53.0 Å². The molecule has 0 bridgehead atoms. The number of hydrogen-bond donors (Lipinski definition) is 2. The van der Waals surface area contributed by atoms with Gasteiger partial charge in [-0.25, -0.2) is 0 Å². The molecule has 0 saturated carbocycles. The van der Waals surface area contributed by atoms with Crippen molar-refractivity contribution in [1.82, 2.24) is 5.32 Å². The van der Waals surface area contributed by atoms with E-state index >= 15 is 0 Å². The minimum atomic E-state index is -0.280. The van der Waals surface area contributed by atoms with Crippen LogP contribution in [0.3, 0.4) is 0 Å². The van der Waals surface area contributed by atoms with Gasteiger partial charge >= 0.3 is 0 Å². The number of carbonyl (C=O) groups is 2. The van der Waals surface area contributed by atoms with E-state index in [0.29, 0.717) is 36.8 Å². The number of amides is 2. The Morgan fingerprint density at radius 2 is 1.63 bits per heavy atom. The fraction of sp³-hybridized carbons (Fsp3) is 0.300. The summed E-state index contributed by atoms with van der Waals surface area (Å²) in [7, 11) is 0. The highest BCUT2D eigenvalue weighted by molar-refractivity contribution is 9.10. The zero-order valence-corrected chi connectivity index (χ0v) is 16.8. The molecule has 0 atom stereocenters. The molecule has 0 aliphatic rings. The normalized spacial score (nSPS) is 10.1. The van der Waals surface area contributed by atoms with Gasteiger partial charge in [0.2, 0.25) is 11.8 Å². The first kappa shape index (κ1) is 20.8. The van der Waals surface area contributed by atoms with Crippen LogP contribution >= 0.6 is 15.9 Å². The monoisotopic (exact) mass is 434 g/mol. The zero-order valence-electron chi connectivity index (χ0n) is 15.2. The molecule has 2 N–H and O–H groups in total. The molecule has 2 aromatic carbocycles. The predicted molar refractivity (Wildman–Crippen MR) is 108 cm³/mol. The number of rotatable bonds is 10. The van der Waals surface area contributed by atoms with Crippen LogP contribution in [-0.2, 0) is 9.59 Å². The first-order valence-corrected chi connectivity index (χ1v) is 9.55. The molecular formula is C20H23BrN2O4. The highest BCUT2D eigenvalue weighted by Gasteiger charge is 2.08. The van der Waals surface area contributed by atoms with Crippen molar-refractivity contribution >= 4 is 33.4 Å². The molecule has 2 aromatic rings. The molecule has 7 heteroatoms. The van der Waals surface area contributed by atoms with Gasteiger partial charge in [0, 0.05) is 10.9 Å². The van der Waals surface area contributed by atoms with E-state index in [0.717, 1.165) is 4.47 Å². The van der Waals surface area contributed by atoms with Gasteiger partial charge in [-0.2, -0.15) is 0 Å². The minimum absolute atomic E-state index is 0.0752. The maximum absolute atomic E-state index is 11.9. The van der Waals surface area contributed by atoms with Crippen molar-refractivity contribution in [3.8, 4) is 11.5 Å². The summed E-state index contributed by atoms with van der Waals surface area (Å²) in [6.45, 7) is 2.78. The van der Waals surface area contributed by atoms with Crippen molar-refractivity contribution < 1.29 is 19.1 Å². The Bertz CT molecular complexity index is 767. The molecule has 0 aromatic heterocycles. The van der Waals surface area contributed by atoms with Crippen LogP contribution in [0, 0.1) is 0 Å². The molecule has 0 saturated heterocycles. The molecule has 144 valence electrons. The molecule has 0 aliphatic carbocycles. The van der Waals surface area contributed by atoms with Crippen LogP contribution in [0.2, 0.25) is 0 Å². The van der Waals surface area contributed by atoms with Crippen LogP contribution in [0.25, 0.3) is 0 Å². The van der Waals surface area contributed by atoms with Crippen molar-refractivity contribution in [3.63, 3.8) is 0 Å². The number of hydrogen-bond acceptors (Lipinski definition) is 4. The third-order valence-corrected chi connectivity index (χ3v) is 4.24. The minimum Gasteiger partial charge on any atom is -0.490 e. The number of benzene rings is 2. The number of carbonyl (C=O) groups excluding carboxylic acids is 2. The van der Waals surface area contributed by atoms with E-state index in [-0.39, 0.29) is 24.8 Å². The van der Waals surface area contributed by atoms with E-state index in [1.807, 2.05) is 49.4 Å². The van der Waals surface area contributed by atoms with Crippen molar-refractivity contribution in [1.29, 1.82) is 0 Å². The summed E-state index contributed by atoms with van der Waals surface area (Å²) in [5.74, 6) is 0.872. The highest BCUT2D eigenvalue weighted by Crippen LogP contribution is 2.26. The van der Waals surface area contributed by atoms with E-state index < -0.39 is 0 Å². The molecule has 27 heavy (non-hydrogen) atoms. The van der Waals surface area contributed by atoms with Gasteiger partial charge in [0.05, 0.1) is 25.4 Å². The number of nitrogens with one attached hydrogen (secondary N) is 2. The van der Waals surface area contributed by atoms with Crippen molar-refractivity contribution in [2.24, 2.45) is 0 Å². The first-order chi connectivity index (χ1) is 13.1. The summed E-state index contributed by atoms with van der Waals surface area (Å²) in [5.41, 5.74) is 0.665. The molecule has 6 nitrogen and oxygen atoms in total. The molecule has 2 rings (SSSR count). The standard InChI is InChI=1S/C20H23BrN2O4/c1-2-26-17-10-5-6-11-18(17)27-13-7-12-19(24)22-14-20(25)23-16-9-4-3-8-15(16)21/h3-6,8-11H,2,7,12-14H2,1H3,(H,22,24)(H,23,25). The lowest BCUT2D eigenvalue weighted by Gasteiger charge is -2.11. The summed E-state index contributed by atoms with van der Waals surface area (Å²) >= 11 is 3.36. The highest BCUT2D eigenvalue weighted by atomic mass is 79.9. The van der Waals surface area contributed by atoms with Crippen LogP contribution in [0.5, 0.6) is 11.5 Å². The number of anilines is 1. The fourth-order valence-electron chi connectivity index (χ4n) is 2.28. The Morgan fingerprint density at radius 1 is 0.963 bits per heavy atom. The van der Waals surface area contributed by atoms with Crippen LogP contribution in [0.4, 0.5) is 5.69 Å². The summed E-state index contributed by atoms with van der Waals surface area (Å²) in [4.78, 5) is 23.8. The summed E-state index contributed by atoms with van der Waals surface area (Å²) < 4.78 is 11.9. The fourth-order valence-corrected chi connectivity index (χ4v) is 2.67. The molecule has 0 fully saturated rings. The second-order valence-electron chi connectivity index (χ2n) is 5.64. The zero-order chi connectivity index (χ0) is 19.5. The number of halogens is 1. The lowest BCUT2D eigenvalue weighted by atomic mass is 10.3. The van der Waals surface area contributed by atoms with Crippen LogP contribution in [0.1, 0.15) is 19.8 Å². The van der Waals surface area contributed by atoms with Gasteiger partial charge in [-0.05, 0) is 53.5 Å². The van der Waals surface area contributed by atoms with Crippen LogP contribution in [-0.4, -0.2) is 31.6 Å². The van der Waals surface area contributed by atoms with Gasteiger partial charge < -0.3 is 20.1 Å². The molecule has 0 aliphatic heterocycles. The SMILES string of the molecule is CCOc1ccccc1OCCCC(=O)NCC(=O)Nc1ccccc1Br. The predicted octanol–water partition coefficient (Wildman–Crippen LogP) is 3.76. The van der Waals surface area contributed by atoms with E-state index in [4.69, 9.17) is 9.47 Å². The quantitative estimate of drug-likeness (QED) is 0.558. The summed E-state index contributed by atoms with van der Waals surface area (Å²) in [6.07, 6.45) is 0.817. The van der Waals surface area contributed by atoms with Gasteiger partial charge in [-0.3, -0.25) is 9.59 Å². The molecule has 0 spiro atoms. The van der Waals surface area contributed by atoms with E-state index in [9.17, 15) is 9.59 Å². The first-order valence-electron chi connectivity index (χ1n) is 8.76. The second kappa shape index (κ2) is 11.2. The topological polar surface area (TPSA) is 76.7 Å². The third-order valence-electron chi connectivity index (χ3n) is 3.55. The maximum Gasteiger partial charge on any atom is 0.243 e. The van der Waals surface area contributed by atoms with E-state index in [1.165, 1.54) is 0 Å². The summed E-state index contributed by atoms with van der Waals surface area (Å²) in [6, 6.07) is 14.7. The molecule has 0 radical (unpaired) electrons. The lowest BCUT2D eigenvalue weighted by Crippen LogP contribution is -2.32. The molecule has 0 unspecified atom stereocenters. The Kier molecular flexibility index (Phi) is 8.64. The van der Waals surface area contributed by atoms with Gasteiger partial charge in [0.25, 0.3) is 0 Å². The lowest BCUT2D eigenvalue weighted by molar-refractivity contribution is -0.124. The largest absolute Gasteiger partial charge is 0.490 e. The van der Waals surface area contributed by atoms with Gasteiger partial charge in [0.1, 0.15) is 0 Å². The van der Waals surface area contributed by atoms with Crippen molar-refractivity contribution in [3.05, 3.63) is 53.0 Å². The van der Waals surface area contributed by atoms with Gasteiger partial charge in [0.15, 0.2) is 11.5 Å². The Balaban J connectivity index is 1.65. The third kappa shape index (κ3) is 7.30. The average molecular weight is 435 g/mol. The Hall–Kier alpha value is -2.54. The van der Waals surface area contributed by atoms with Gasteiger partial charge in [-0.15, -0.1) is 0 Å². The molecule has 2 amide bonds. The van der Waals surface area contributed by atoms with Crippen molar-refractivity contribution in [2.45, 2.75) is 19.8 Å². The van der Waals surface area contributed by atoms with Gasteiger partial charge in [-0.1, -0.05) is 24.3 Å². The average Bonchev–Trinajstić information content (AvgIpc) is 2.67. The summed E-state index contributed by atoms with van der Waals surface area (Å²) in [5, 5.41) is 5.34. The molecular weight excluding hydrogens is 412 g/mol. The van der Waals surface area contributed by atoms with E-state index in [2.05, 4.69) is 26.6 Å². The Morgan fingerprint density at radius 3 is 2.33 bits per heavy atom. The molecule has 0 heterocycles. The van der Waals surface area contributed by atoms with Crippen molar-refractivity contribution in [2.75, 3.05) is 25.1 Å². The second-order valence-corrected chi connectivity index (χ2v) is 6.49. The number of para-hydroxylation sites is 3.